The number of nitrogens with two attached hydrogens (primary N) is 1. The topological polar surface area (TPSA) is 29.3 Å². The molecule has 2 nitrogen and oxygen atoms in total. The van der Waals surface area contributed by atoms with Crippen LogP contribution in [0.5, 0.6) is 0 Å². The maximum atomic E-state index is 5.72. The van der Waals surface area contributed by atoms with E-state index in [9.17, 15) is 0 Å². The molecule has 2 N–H and O–H groups in total. The summed E-state index contributed by atoms with van der Waals surface area (Å²) in [6.07, 6.45) is 8.22. The fourth-order valence-electron chi connectivity index (χ4n) is 3.00. The summed E-state index contributed by atoms with van der Waals surface area (Å²) in [5, 5.41) is 0. The van der Waals surface area contributed by atoms with Gasteiger partial charge in [-0.1, -0.05) is 38.3 Å². The van der Waals surface area contributed by atoms with Crippen LogP contribution < -0.4 is 5.73 Å². The lowest BCUT2D eigenvalue weighted by Gasteiger charge is -2.33. The molecule has 1 fully saturated rings. The summed E-state index contributed by atoms with van der Waals surface area (Å²) >= 11 is 0. The highest BCUT2D eigenvalue weighted by Crippen LogP contribution is 2.22. The molecule has 2 heteroatoms. The van der Waals surface area contributed by atoms with Crippen molar-refractivity contribution in [3.63, 3.8) is 0 Å². The molecule has 0 spiro atoms. The monoisotopic (exact) mass is 246 g/mol. The number of anilines is 1. The molecule has 0 bridgehead atoms. The summed E-state index contributed by atoms with van der Waals surface area (Å²) in [4.78, 5) is 2.66. The fourth-order valence-corrected chi connectivity index (χ4v) is 3.00. The Morgan fingerprint density at radius 3 is 2.39 bits per heavy atom. The molecule has 1 aromatic rings. The number of rotatable bonds is 5. The Kier molecular flexibility index (Phi) is 5.06. The lowest BCUT2D eigenvalue weighted by atomic mass is 9.94. The molecule has 0 unspecified atom stereocenters. The van der Waals surface area contributed by atoms with Crippen LogP contribution >= 0.6 is 0 Å². The molecular weight excluding hydrogens is 220 g/mol. The highest BCUT2D eigenvalue weighted by atomic mass is 15.1. The predicted molar refractivity (Wildman–Crippen MR) is 78.7 cm³/mol. The van der Waals surface area contributed by atoms with Crippen molar-refractivity contribution in [1.82, 2.24) is 4.90 Å². The van der Waals surface area contributed by atoms with Gasteiger partial charge in [0.05, 0.1) is 0 Å². The van der Waals surface area contributed by atoms with Crippen LogP contribution in [0.1, 0.15) is 44.6 Å². The van der Waals surface area contributed by atoms with Crippen molar-refractivity contribution in [2.24, 2.45) is 0 Å². The minimum atomic E-state index is 0.831. The van der Waals surface area contributed by atoms with E-state index < -0.39 is 0 Å². The molecule has 18 heavy (non-hydrogen) atoms. The summed E-state index contributed by atoms with van der Waals surface area (Å²) in [5.74, 6) is 0. The second-order valence-electron chi connectivity index (χ2n) is 5.41. The SMILES string of the molecule is CCN(CCc1ccc(N)cc1)C1CCCCC1. The van der Waals surface area contributed by atoms with E-state index in [1.165, 1.54) is 50.8 Å². The van der Waals surface area contributed by atoms with Gasteiger partial charge in [0.15, 0.2) is 0 Å². The van der Waals surface area contributed by atoms with E-state index in [1.807, 2.05) is 12.1 Å². The first-order chi connectivity index (χ1) is 8.79. The Morgan fingerprint density at radius 2 is 1.78 bits per heavy atom. The minimum Gasteiger partial charge on any atom is -0.399 e. The van der Waals surface area contributed by atoms with Gasteiger partial charge in [-0.3, -0.25) is 0 Å². The standard InChI is InChI=1S/C16H26N2/c1-2-18(16-6-4-3-5-7-16)13-12-14-8-10-15(17)11-9-14/h8-11,16H,2-7,12-13,17H2,1H3. The summed E-state index contributed by atoms with van der Waals surface area (Å²) in [6, 6.07) is 9.16. The second kappa shape index (κ2) is 6.79. The third kappa shape index (κ3) is 3.74. The van der Waals surface area contributed by atoms with Crippen LogP contribution in [0.15, 0.2) is 24.3 Å². The van der Waals surface area contributed by atoms with E-state index in [0.717, 1.165) is 18.2 Å². The van der Waals surface area contributed by atoms with Crippen molar-refractivity contribution in [3.05, 3.63) is 29.8 Å². The second-order valence-corrected chi connectivity index (χ2v) is 5.41. The maximum absolute atomic E-state index is 5.72. The normalized spacial score (nSPS) is 17.2. The minimum absolute atomic E-state index is 0.831. The molecule has 1 aromatic carbocycles. The van der Waals surface area contributed by atoms with Crippen LogP contribution in [-0.2, 0) is 6.42 Å². The fraction of sp³-hybridized carbons (Fsp3) is 0.625. The van der Waals surface area contributed by atoms with Gasteiger partial charge in [0.1, 0.15) is 0 Å². The first-order valence-electron chi connectivity index (χ1n) is 7.38. The van der Waals surface area contributed by atoms with Gasteiger partial charge < -0.3 is 10.6 Å². The van der Waals surface area contributed by atoms with Gasteiger partial charge in [0.25, 0.3) is 0 Å². The molecule has 100 valence electrons. The van der Waals surface area contributed by atoms with Crippen LogP contribution in [0.25, 0.3) is 0 Å². The van der Waals surface area contributed by atoms with Crippen molar-refractivity contribution in [2.45, 2.75) is 51.5 Å². The summed E-state index contributed by atoms with van der Waals surface area (Å²) in [6.45, 7) is 4.66. The summed E-state index contributed by atoms with van der Waals surface area (Å²) < 4.78 is 0. The number of nitrogen functional groups attached to an aromatic ring is 1. The molecule has 0 saturated heterocycles. The van der Waals surface area contributed by atoms with E-state index in [0.29, 0.717) is 0 Å². The molecule has 1 aliphatic carbocycles. The van der Waals surface area contributed by atoms with Crippen molar-refractivity contribution in [2.75, 3.05) is 18.8 Å². The Hall–Kier alpha value is -1.02. The van der Waals surface area contributed by atoms with Gasteiger partial charge in [-0.25, -0.2) is 0 Å². The van der Waals surface area contributed by atoms with Crippen LogP contribution in [0, 0.1) is 0 Å². The van der Waals surface area contributed by atoms with E-state index in [4.69, 9.17) is 5.73 Å². The number of nitrogens with zero attached hydrogens (tertiary/aromatic N) is 1. The van der Waals surface area contributed by atoms with E-state index >= 15 is 0 Å². The van der Waals surface area contributed by atoms with Gasteiger partial charge in [-0.15, -0.1) is 0 Å². The number of hydrogen-bond donors (Lipinski definition) is 1. The Bertz CT molecular complexity index is 339. The van der Waals surface area contributed by atoms with E-state index in [-0.39, 0.29) is 0 Å². The molecule has 2 rings (SSSR count). The molecule has 1 aliphatic rings. The zero-order chi connectivity index (χ0) is 12.8. The average Bonchev–Trinajstić information content (AvgIpc) is 2.43. The van der Waals surface area contributed by atoms with Crippen molar-refractivity contribution >= 4 is 5.69 Å². The first-order valence-corrected chi connectivity index (χ1v) is 7.38. The zero-order valence-corrected chi connectivity index (χ0v) is 11.6. The number of benzene rings is 1. The molecule has 0 atom stereocenters. The zero-order valence-electron chi connectivity index (χ0n) is 11.6. The third-order valence-electron chi connectivity index (χ3n) is 4.16. The highest BCUT2D eigenvalue weighted by molar-refractivity contribution is 5.39. The van der Waals surface area contributed by atoms with Crippen LogP contribution in [0.4, 0.5) is 5.69 Å². The third-order valence-corrected chi connectivity index (χ3v) is 4.16. The van der Waals surface area contributed by atoms with Crippen molar-refractivity contribution in [1.29, 1.82) is 0 Å². The van der Waals surface area contributed by atoms with E-state index in [2.05, 4.69) is 24.0 Å². The predicted octanol–water partition coefficient (Wildman–Crippen LogP) is 3.47. The highest BCUT2D eigenvalue weighted by Gasteiger charge is 2.19. The quantitative estimate of drug-likeness (QED) is 0.806. The van der Waals surface area contributed by atoms with Crippen LogP contribution in [-0.4, -0.2) is 24.0 Å². The Labute approximate surface area is 111 Å². The van der Waals surface area contributed by atoms with Crippen molar-refractivity contribution < 1.29 is 0 Å². The van der Waals surface area contributed by atoms with Gasteiger partial charge >= 0.3 is 0 Å². The lowest BCUT2D eigenvalue weighted by molar-refractivity contribution is 0.165. The molecule has 0 aliphatic heterocycles. The Balaban J connectivity index is 1.84. The Morgan fingerprint density at radius 1 is 1.11 bits per heavy atom. The molecule has 0 radical (unpaired) electrons. The number of hydrogen-bond acceptors (Lipinski definition) is 2. The van der Waals surface area contributed by atoms with Gasteiger partial charge in [0.2, 0.25) is 0 Å². The van der Waals surface area contributed by atoms with Crippen LogP contribution in [0.3, 0.4) is 0 Å². The molecule has 0 aromatic heterocycles. The van der Waals surface area contributed by atoms with Gasteiger partial charge in [0, 0.05) is 18.3 Å². The van der Waals surface area contributed by atoms with Crippen LogP contribution in [0.2, 0.25) is 0 Å². The lowest BCUT2D eigenvalue weighted by Crippen LogP contribution is -2.38. The van der Waals surface area contributed by atoms with Crippen molar-refractivity contribution in [3.8, 4) is 0 Å². The maximum Gasteiger partial charge on any atom is 0.0314 e. The van der Waals surface area contributed by atoms with Gasteiger partial charge in [-0.2, -0.15) is 0 Å². The largest absolute Gasteiger partial charge is 0.399 e. The summed E-state index contributed by atoms with van der Waals surface area (Å²) in [7, 11) is 0. The molecular formula is C16H26N2. The number of likely N-dealkylation sites (N-methyl/N-ethyl adjacent to an activating group) is 1. The van der Waals surface area contributed by atoms with Gasteiger partial charge in [-0.05, 0) is 43.5 Å². The average molecular weight is 246 g/mol. The smallest absolute Gasteiger partial charge is 0.0314 e. The summed E-state index contributed by atoms with van der Waals surface area (Å²) in [5.41, 5.74) is 7.98. The molecule has 0 amide bonds. The first kappa shape index (κ1) is 13.4. The molecule has 0 heterocycles. The molecule has 1 saturated carbocycles. The van der Waals surface area contributed by atoms with E-state index in [1.54, 1.807) is 0 Å².